The van der Waals surface area contributed by atoms with E-state index in [0.717, 1.165) is 36.3 Å². The summed E-state index contributed by atoms with van der Waals surface area (Å²) in [5.74, 6) is 0. The van der Waals surface area contributed by atoms with Crippen LogP contribution in [0, 0.1) is 0 Å². The Kier molecular flexibility index (Phi) is 4.10. The van der Waals surface area contributed by atoms with Crippen molar-refractivity contribution in [2.24, 2.45) is 5.73 Å². The van der Waals surface area contributed by atoms with Crippen LogP contribution >= 0.6 is 11.6 Å². The fourth-order valence-corrected chi connectivity index (χ4v) is 2.99. The standard InChI is InChI=1S/C15H20ClNO/c1-2-11-9-12(3-4-14(11)16)15(10-17)7-5-13(18)6-8-15/h2-4,9,13,18H,1,5-8,10,17H2/t13-,15-. The highest BCUT2D eigenvalue weighted by atomic mass is 35.5. The molecule has 1 saturated carbocycles. The van der Waals surface area contributed by atoms with E-state index in [1.54, 1.807) is 6.08 Å². The van der Waals surface area contributed by atoms with E-state index < -0.39 is 0 Å². The summed E-state index contributed by atoms with van der Waals surface area (Å²) in [6.45, 7) is 4.39. The van der Waals surface area contributed by atoms with E-state index in [2.05, 4.69) is 18.7 Å². The molecule has 2 rings (SSSR count). The zero-order valence-corrected chi connectivity index (χ0v) is 11.3. The van der Waals surface area contributed by atoms with Crippen LogP contribution in [0.3, 0.4) is 0 Å². The third kappa shape index (κ3) is 2.46. The topological polar surface area (TPSA) is 46.2 Å². The van der Waals surface area contributed by atoms with E-state index in [1.807, 2.05) is 6.07 Å². The second-order valence-electron chi connectivity index (χ2n) is 5.16. The molecule has 3 N–H and O–H groups in total. The van der Waals surface area contributed by atoms with E-state index in [4.69, 9.17) is 17.3 Å². The van der Waals surface area contributed by atoms with E-state index in [0.29, 0.717) is 6.54 Å². The van der Waals surface area contributed by atoms with Crippen molar-refractivity contribution in [3.8, 4) is 0 Å². The van der Waals surface area contributed by atoms with Crippen molar-refractivity contribution in [2.75, 3.05) is 6.54 Å². The van der Waals surface area contributed by atoms with Gasteiger partial charge in [0.05, 0.1) is 6.10 Å². The average Bonchev–Trinajstić information content (AvgIpc) is 2.41. The second-order valence-corrected chi connectivity index (χ2v) is 5.56. The molecular weight excluding hydrogens is 246 g/mol. The van der Waals surface area contributed by atoms with Crippen molar-refractivity contribution in [3.05, 3.63) is 40.9 Å². The normalized spacial score (nSPS) is 28.1. The van der Waals surface area contributed by atoms with Gasteiger partial charge in [0.15, 0.2) is 0 Å². The summed E-state index contributed by atoms with van der Waals surface area (Å²) >= 11 is 6.10. The third-order valence-corrected chi connectivity index (χ3v) is 4.48. The quantitative estimate of drug-likeness (QED) is 0.882. The van der Waals surface area contributed by atoms with Gasteiger partial charge >= 0.3 is 0 Å². The lowest BCUT2D eigenvalue weighted by Gasteiger charge is -2.38. The van der Waals surface area contributed by atoms with Crippen LogP contribution in [0.1, 0.15) is 36.8 Å². The Morgan fingerprint density at radius 1 is 1.44 bits per heavy atom. The van der Waals surface area contributed by atoms with Crippen molar-refractivity contribution in [1.82, 2.24) is 0 Å². The van der Waals surface area contributed by atoms with Gasteiger partial charge in [-0.1, -0.05) is 30.3 Å². The van der Waals surface area contributed by atoms with Crippen molar-refractivity contribution >= 4 is 17.7 Å². The zero-order valence-electron chi connectivity index (χ0n) is 10.5. The maximum atomic E-state index is 9.65. The van der Waals surface area contributed by atoms with Crippen LogP contribution in [-0.2, 0) is 5.41 Å². The number of aliphatic hydroxyl groups is 1. The number of hydrogen-bond donors (Lipinski definition) is 2. The molecule has 0 bridgehead atoms. The first kappa shape index (κ1) is 13.6. The number of aliphatic hydroxyl groups excluding tert-OH is 1. The molecule has 0 spiro atoms. The predicted molar refractivity (Wildman–Crippen MR) is 76.8 cm³/mol. The maximum Gasteiger partial charge on any atom is 0.0541 e. The van der Waals surface area contributed by atoms with Crippen LogP contribution in [0.15, 0.2) is 24.8 Å². The fraction of sp³-hybridized carbons (Fsp3) is 0.467. The number of halogens is 1. The molecule has 0 atom stereocenters. The van der Waals surface area contributed by atoms with Gasteiger partial charge < -0.3 is 10.8 Å². The molecular formula is C15H20ClNO. The summed E-state index contributed by atoms with van der Waals surface area (Å²) in [4.78, 5) is 0. The molecule has 0 saturated heterocycles. The minimum Gasteiger partial charge on any atom is -0.393 e. The predicted octanol–water partition coefficient (Wildman–Crippen LogP) is 3.11. The number of rotatable bonds is 3. The molecule has 0 aromatic heterocycles. The molecule has 98 valence electrons. The van der Waals surface area contributed by atoms with Gasteiger partial charge in [-0.25, -0.2) is 0 Å². The largest absolute Gasteiger partial charge is 0.393 e. The number of nitrogens with two attached hydrogens (primary N) is 1. The molecule has 1 aromatic carbocycles. The summed E-state index contributed by atoms with van der Waals surface area (Å²) < 4.78 is 0. The molecule has 3 heteroatoms. The number of hydrogen-bond acceptors (Lipinski definition) is 2. The summed E-state index contributed by atoms with van der Waals surface area (Å²) in [6.07, 6.45) is 5.11. The van der Waals surface area contributed by atoms with Crippen LogP contribution in [-0.4, -0.2) is 17.8 Å². The highest BCUT2D eigenvalue weighted by Gasteiger charge is 2.35. The lowest BCUT2D eigenvalue weighted by molar-refractivity contribution is 0.0974. The Bertz CT molecular complexity index is 436. The summed E-state index contributed by atoms with van der Waals surface area (Å²) in [5.41, 5.74) is 8.16. The molecule has 1 fully saturated rings. The van der Waals surface area contributed by atoms with Crippen molar-refractivity contribution in [1.29, 1.82) is 0 Å². The first-order chi connectivity index (χ1) is 8.61. The molecule has 2 nitrogen and oxygen atoms in total. The van der Waals surface area contributed by atoms with E-state index >= 15 is 0 Å². The van der Waals surface area contributed by atoms with Crippen LogP contribution in [0.2, 0.25) is 5.02 Å². The first-order valence-electron chi connectivity index (χ1n) is 6.42. The lowest BCUT2D eigenvalue weighted by atomic mass is 9.68. The summed E-state index contributed by atoms with van der Waals surface area (Å²) in [6, 6.07) is 6.05. The Balaban J connectivity index is 2.35. The molecule has 0 unspecified atom stereocenters. The van der Waals surface area contributed by atoms with Gasteiger partial charge in [0, 0.05) is 17.0 Å². The molecule has 0 aliphatic heterocycles. The summed E-state index contributed by atoms with van der Waals surface area (Å²) in [7, 11) is 0. The Hall–Kier alpha value is -0.830. The van der Waals surface area contributed by atoms with Gasteiger partial charge in [0.25, 0.3) is 0 Å². The monoisotopic (exact) mass is 265 g/mol. The van der Waals surface area contributed by atoms with Crippen LogP contribution < -0.4 is 5.73 Å². The van der Waals surface area contributed by atoms with Gasteiger partial charge in [0.1, 0.15) is 0 Å². The Morgan fingerprint density at radius 3 is 2.67 bits per heavy atom. The van der Waals surface area contributed by atoms with Crippen molar-refractivity contribution in [2.45, 2.75) is 37.2 Å². The molecule has 1 aliphatic carbocycles. The average molecular weight is 266 g/mol. The summed E-state index contributed by atoms with van der Waals surface area (Å²) in [5, 5.41) is 10.4. The molecule has 18 heavy (non-hydrogen) atoms. The van der Waals surface area contributed by atoms with Gasteiger partial charge in [0.2, 0.25) is 0 Å². The maximum absolute atomic E-state index is 9.65. The zero-order chi connectivity index (χ0) is 13.2. The Morgan fingerprint density at radius 2 is 2.11 bits per heavy atom. The highest BCUT2D eigenvalue weighted by Crippen LogP contribution is 2.39. The van der Waals surface area contributed by atoms with Crippen LogP contribution in [0.4, 0.5) is 0 Å². The molecule has 1 aliphatic rings. The third-order valence-electron chi connectivity index (χ3n) is 4.13. The molecule has 0 heterocycles. The lowest BCUT2D eigenvalue weighted by Crippen LogP contribution is -2.40. The minimum atomic E-state index is -0.171. The van der Waals surface area contributed by atoms with Gasteiger partial charge in [-0.05, 0) is 48.9 Å². The molecule has 0 amide bonds. The smallest absolute Gasteiger partial charge is 0.0541 e. The van der Waals surface area contributed by atoms with Crippen molar-refractivity contribution < 1.29 is 5.11 Å². The van der Waals surface area contributed by atoms with Gasteiger partial charge in [-0.2, -0.15) is 0 Å². The Labute approximate surface area is 113 Å². The van der Waals surface area contributed by atoms with Crippen LogP contribution in [0.25, 0.3) is 6.08 Å². The highest BCUT2D eigenvalue weighted by molar-refractivity contribution is 6.32. The van der Waals surface area contributed by atoms with Crippen LogP contribution in [0.5, 0.6) is 0 Å². The van der Waals surface area contributed by atoms with E-state index in [9.17, 15) is 5.11 Å². The van der Waals surface area contributed by atoms with Gasteiger partial charge in [-0.3, -0.25) is 0 Å². The SMILES string of the molecule is C=Cc1cc([C@]2(CN)CC[C@@H](O)CC2)ccc1Cl. The first-order valence-corrected chi connectivity index (χ1v) is 6.80. The molecule has 1 aromatic rings. The molecule has 0 radical (unpaired) electrons. The van der Waals surface area contributed by atoms with E-state index in [1.165, 1.54) is 5.56 Å². The second kappa shape index (κ2) is 5.43. The fourth-order valence-electron chi connectivity index (χ4n) is 2.80. The number of benzene rings is 1. The van der Waals surface area contributed by atoms with Crippen molar-refractivity contribution in [3.63, 3.8) is 0 Å². The van der Waals surface area contributed by atoms with Gasteiger partial charge in [-0.15, -0.1) is 0 Å². The van der Waals surface area contributed by atoms with E-state index in [-0.39, 0.29) is 11.5 Å². The minimum absolute atomic E-state index is 0.0123.